The van der Waals surface area contributed by atoms with Gasteiger partial charge in [-0.1, -0.05) is 5.16 Å². The summed E-state index contributed by atoms with van der Waals surface area (Å²) in [5.74, 6) is 0.660. The molecule has 3 aromatic rings. The zero-order chi connectivity index (χ0) is 17.2. The van der Waals surface area contributed by atoms with Crippen LogP contribution in [-0.4, -0.2) is 26.5 Å². The summed E-state index contributed by atoms with van der Waals surface area (Å²) in [4.78, 5) is 12.0. The first-order valence-electron chi connectivity index (χ1n) is 7.14. The summed E-state index contributed by atoms with van der Waals surface area (Å²) in [5, 5.41) is 3.76. The zero-order valence-corrected chi connectivity index (χ0v) is 13.0. The van der Waals surface area contributed by atoms with Crippen LogP contribution in [0.3, 0.4) is 0 Å². The van der Waals surface area contributed by atoms with Crippen molar-refractivity contribution in [3.63, 3.8) is 0 Å². The highest BCUT2D eigenvalue weighted by atomic mass is 19.3. The topological polar surface area (TPSA) is 73.9 Å². The van der Waals surface area contributed by atoms with Gasteiger partial charge >= 0.3 is 6.01 Å². The van der Waals surface area contributed by atoms with Crippen molar-refractivity contribution >= 4 is 0 Å². The van der Waals surface area contributed by atoms with Gasteiger partial charge in [0.15, 0.2) is 0 Å². The summed E-state index contributed by atoms with van der Waals surface area (Å²) in [6, 6.07) is 8.67. The number of halogens is 2. The molecule has 3 rings (SSSR count). The standard InChI is InChI=1S/C16H14F2N4O2/c1-16(2,13(17)18)14-21-12(22-24-14)10-4-6-11(7-5-10)23-15-19-8-3-9-20-15/h3-9,13H,1-2H3. The number of ether oxygens (including phenoxy) is 1. The molecule has 0 aliphatic heterocycles. The first-order chi connectivity index (χ1) is 11.5. The van der Waals surface area contributed by atoms with E-state index >= 15 is 0 Å². The van der Waals surface area contributed by atoms with Gasteiger partial charge in [0, 0.05) is 18.0 Å². The van der Waals surface area contributed by atoms with E-state index in [1.807, 2.05) is 0 Å². The zero-order valence-electron chi connectivity index (χ0n) is 13.0. The van der Waals surface area contributed by atoms with Crippen molar-refractivity contribution in [3.05, 3.63) is 48.6 Å². The molecular formula is C16H14F2N4O2. The number of aromatic nitrogens is 4. The predicted octanol–water partition coefficient (Wildman–Crippen LogP) is 3.86. The summed E-state index contributed by atoms with van der Waals surface area (Å²) in [6.45, 7) is 2.71. The highest BCUT2D eigenvalue weighted by Gasteiger charge is 2.37. The van der Waals surface area contributed by atoms with Crippen molar-refractivity contribution in [2.24, 2.45) is 0 Å². The molecule has 0 saturated carbocycles. The second-order valence-corrected chi connectivity index (χ2v) is 5.60. The molecule has 0 atom stereocenters. The van der Waals surface area contributed by atoms with Gasteiger partial charge in [0.05, 0.1) is 0 Å². The predicted molar refractivity (Wildman–Crippen MR) is 80.9 cm³/mol. The van der Waals surface area contributed by atoms with Crippen molar-refractivity contribution < 1.29 is 18.0 Å². The number of nitrogens with zero attached hydrogens (tertiary/aromatic N) is 4. The number of alkyl halides is 2. The number of rotatable bonds is 5. The first-order valence-corrected chi connectivity index (χ1v) is 7.14. The fourth-order valence-corrected chi connectivity index (χ4v) is 1.81. The Bertz CT molecular complexity index is 804. The Labute approximate surface area is 136 Å². The summed E-state index contributed by atoms with van der Waals surface area (Å²) in [6.07, 6.45) is 0.539. The molecule has 0 spiro atoms. The summed E-state index contributed by atoms with van der Waals surface area (Å²) in [7, 11) is 0. The molecule has 0 bridgehead atoms. The lowest BCUT2D eigenvalue weighted by Crippen LogP contribution is -2.27. The van der Waals surface area contributed by atoms with Crippen LogP contribution in [0.5, 0.6) is 11.8 Å². The molecule has 1 aromatic carbocycles. The Morgan fingerprint density at radius 2 is 1.75 bits per heavy atom. The summed E-state index contributed by atoms with van der Waals surface area (Å²) >= 11 is 0. The summed E-state index contributed by atoms with van der Waals surface area (Å²) < 4.78 is 36.5. The third kappa shape index (κ3) is 3.22. The van der Waals surface area contributed by atoms with Crippen molar-refractivity contribution in [2.75, 3.05) is 0 Å². The number of hydrogen-bond acceptors (Lipinski definition) is 6. The van der Waals surface area contributed by atoms with Crippen LogP contribution in [0.2, 0.25) is 0 Å². The molecule has 2 heterocycles. The molecule has 0 N–H and O–H groups in total. The van der Waals surface area contributed by atoms with E-state index in [0.29, 0.717) is 11.3 Å². The lowest BCUT2D eigenvalue weighted by atomic mass is 9.94. The smallest absolute Gasteiger partial charge is 0.321 e. The van der Waals surface area contributed by atoms with Crippen LogP contribution in [0, 0.1) is 0 Å². The van der Waals surface area contributed by atoms with Gasteiger partial charge in [0.2, 0.25) is 11.7 Å². The average Bonchev–Trinajstić information content (AvgIpc) is 3.07. The quantitative estimate of drug-likeness (QED) is 0.706. The van der Waals surface area contributed by atoms with Gasteiger partial charge in [0.25, 0.3) is 6.43 Å². The monoisotopic (exact) mass is 332 g/mol. The molecular weight excluding hydrogens is 318 g/mol. The lowest BCUT2D eigenvalue weighted by Gasteiger charge is -2.17. The second-order valence-electron chi connectivity index (χ2n) is 5.60. The van der Waals surface area contributed by atoms with Crippen LogP contribution >= 0.6 is 0 Å². The van der Waals surface area contributed by atoms with E-state index < -0.39 is 11.8 Å². The maximum absolute atomic E-state index is 13.0. The number of benzene rings is 1. The molecule has 8 heteroatoms. The minimum Gasteiger partial charge on any atom is -0.424 e. The van der Waals surface area contributed by atoms with E-state index in [1.54, 1.807) is 42.7 Å². The molecule has 24 heavy (non-hydrogen) atoms. The van der Waals surface area contributed by atoms with Crippen molar-refractivity contribution in [2.45, 2.75) is 25.7 Å². The van der Waals surface area contributed by atoms with Crippen LogP contribution in [0.25, 0.3) is 11.4 Å². The van der Waals surface area contributed by atoms with Gasteiger partial charge in [-0.05, 0) is 44.2 Å². The van der Waals surface area contributed by atoms with E-state index in [9.17, 15) is 8.78 Å². The molecule has 2 aromatic heterocycles. The summed E-state index contributed by atoms with van der Waals surface area (Å²) in [5.41, 5.74) is -0.879. The van der Waals surface area contributed by atoms with Crippen molar-refractivity contribution in [1.29, 1.82) is 0 Å². The fraction of sp³-hybridized carbons (Fsp3) is 0.250. The van der Waals surface area contributed by atoms with Crippen LogP contribution in [0.4, 0.5) is 8.78 Å². The molecule has 0 aliphatic rings. The Morgan fingerprint density at radius 1 is 1.08 bits per heavy atom. The van der Waals surface area contributed by atoms with E-state index in [2.05, 4.69) is 20.1 Å². The molecule has 124 valence electrons. The normalized spacial score (nSPS) is 11.7. The average molecular weight is 332 g/mol. The van der Waals surface area contributed by atoms with Crippen molar-refractivity contribution in [3.8, 4) is 23.1 Å². The fourth-order valence-electron chi connectivity index (χ4n) is 1.81. The van der Waals surface area contributed by atoms with Crippen LogP contribution in [0.15, 0.2) is 47.2 Å². The maximum atomic E-state index is 13.0. The van der Waals surface area contributed by atoms with Gasteiger partial charge in [-0.2, -0.15) is 4.98 Å². The first kappa shape index (κ1) is 16.0. The molecule has 0 saturated heterocycles. The van der Waals surface area contributed by atoms with Gasteiger partial charge in [-0.3, -0.25) is 0 Å². The van der Waals surface area contributed by atoms with E-state index in [0.717, 1.165) is 0 Å². The van der Waals surface area contributed by atoms with E-state index in [4.69, 9.17) is 9.26 Å². The Kier molecular flexibility index (Phi) is 4.20. The maximum Gasteiger partial charge on any atom is 0.321 e. The Balaban J connectivity index is 1.78. The minimum atomic E-state index is -2.60. The highest BCUT2D eigenvalue weighted by molar-refractivity contribution is 5.55. The van der Waals surface area contributed by atoms with E-state index in [-0.39, 0.29) is 17.7 Å². The lowest BCUT2D eigenvalue weighted by molar-refractivity contribution is 0.0505. The highest BCUT2D eigenvalue weighted by Crippen LogP contribution is 2.30. The van der Waals surface area contributed by atoms with E-state index in [1.165, 1.54) is 13.8 Å². The molecule has 0 aliphatic carbocycles. The SMILES string of the molecule is CC(C)(c1nc(-c2ccc(Oc3ncccn3)cc2)no1)C(F)F. The van der Waals surface area contributed by atoms with Gasteiger partial charge in [0.1, 0.15) is 11.2 Å². The third-order valence-electron chi connectivity index (χ3n) is 3.39. The molecule has 6 nitrogen and oxygen atoms in total. The Hall–Kier alpha value is -2.90. The molecule has 0 unspecified atom stereocenters. The largest absolute Gasteiger partial charge is 0.424 e. The molecule has 0 fully saturated rings. The van der Waals surface area contributed by atoms with Crippen LogP contribution in [-0.2, 0) is 5.41 Å². The minimum absolute atomic E-state index is 0.106. The molecule has 0 amide bonds. The second kappa shape index (κ2) is 6.31. The van der Waals surface area contributed by atoms with Crippen molar-refractivity contribution in [1.82, 2.24) is 20.1 Å². The van der Waals surface area contributed by atoms with Gasteiger partial charge in [-0.25, -0.2) is 18.7 Å². The number of hydrogen-bond donors (Lipinski definition) is 0. The third-order valence-corrected chi connectivity index (χ3v) is 3.39. The van der Waals surface area contributed by atoms with Gasteiger partial charge in [-0.15, -0.1) is 0 Å². The Morgan fingerprint density at radius 3 is 2.38 bits per heavy atom. The van der Waals surface area contributed by atoms with Gasteiger partial charge < -0.3 is 9.26 Å². The van der Waals surface area contributed by atoms with Crippen LogP contribution in [0.1, 0.15) is 19.7 Å². The molecule has 0 radical (unpaired) electrons. The van der Waals surface area contributed by atoms with Crippen LogP contribution < -0.4 is 4.74 Å².